The van der Waals surface area contributed by atoms with Crippen LogP contribution in [0.4, 0.5) is 5.69 Å². The van der Waals surface area contributed by atoms with Gasteiger partial charge in [-0.15, -0.1) is 0 Å². The van der Waals surface area contributed by atoms with Gasteiger partial charge >= 0.3 is 0 Å². The number of amides is 2. The molecule has 2 amide bonds. The molecular weight excluding hydrogens is 387 g/mol. The molecule has 27 heavy (non-hydrogen) atoms. The molecule has 2 aromatic carbocycles. The Hall–Kier alpha value is -2.24. The lowest BCUT2D eigenvalue weighted by Crippen LogP contribution is -2.38. The van der Waals surface area contributed by atoms with Crippen molar-refractivity contribution in [1.82, 2.24) is 5.32 Å². The van der Waals surface area contributed by atoms with E-state index in [-0.39, 0.29) is 18.4 Å². The number of fused-ring (bicyclic) bond motifs is 1. The second-order valence-corrected chi connectivity index (χ2v) is 7.35. The first kappa shape index (κ1) is 19.5. The maximum atomic E-state index is 13.0. The number of hydrogen-bond acceptors (Lipinski definition) is 3. The molecule has 1 aliphatic heterocycles. The minimum atomic E-state index is -0.670. The molecule has 1 aliphatic rings. The van der Waals surface area contributed by atoms with Gasteiger partial charge in [-0.05, 0) is 43.2 Å². The second-order valence-electron chi connectivity index (χ2n) is 6.51. The van der Waals surface area contributed by atoms with Crippen LogP contribution in [0.2, 0.25) is 10.0 Å². The van der Waals surface area contributed by atoms with Crippen molar-refractivity contribution >= 4 is 40.7 Å². The van der Waals surface area contributed by atoms with E-state index in [4.69, 9.17) is 27.9 Å². The van der Waals surface area contributed by atoms with Crippen LogP contribution in [0.25, 0.3) is 0 Å². The van der Waals surface area contributed by atoms with Crippen molar-refractivity contribution < 1.29 is 14.3 Å². The molecule has 0 saturated carbocycles. The van der Waals surface area contributed by atoms with Gasteiger partial charge in [0.1, 0.15) is 18.4 Å². The third-order valence-electron chi connectivity index (χ3n) is 4.52. The fraction of sp³-hybridized carbons (Fsp3) is 0.300. The molecule has 0 aliphatic carbocycles. The highest BCUT2D eigenvalue weighted by Crippen LogP contribution is 2.40. The molecule has 0 saturated heterocycles. The van der Waals surface area contributed by atoms with Crippen LogP contribution in [-0.2, 0) is 9.59 Å². The van der Waals surface area contributed by atoms with Crippen molar-refractivity contribution in [3.63, 3.8) is 0 Å². The summed E-state index contributed by atoms with van der Waals surface area (Å²) in [5, 5.41) is 3.71. The van der Waals surface area contributed by atoms with Crippen LogP contribution < -0.4 is 15.0 Å². The van der Waals surface area contributed by atoms with E-state index in [2.05, 4.69) is 5.32 Å². The Bertz CT molecular complexity index is 914. The minimum Gasteiger partial charge on any atom is -0.490 e. The average molecular weight is 407 g/mol. The Labute approximate surface area is 168 Å². The molecule has 5 nitrogen and oxygen atoms in total. The van der Waals surface area contributed by atoms with Gasteiger partial charge in [0.05, 0.1) is 17.3 Å². The third-order valence-corrected chi connectivity index (χ3v) is 5.05. The highest BCUT2D eigenvalue weighted by Gasteiger charge is 2.39. The highest BCUT2D eigenvalue weighted by molar-refractivity contribution is 6.35. The standard InChI is InChI=1S/C20H20Cl2N2O3/c1-11-4-5-12(2)19-17(11)18(23-13(3)25)20(26)24(19)8-9-27-16-7-6-14(21)10-15(16)22/h4-7,10,18H,8-9H2,1-3H3,(H,23,25)/t18-/m0/s1. The Kier molecular flexibility index (Phi) is 5.63. The maximum Gasteiger partial charge on any atom is 0.254 e. The second kappa shape index (κ2) is 7.79. The summed E-state index contributed by atoms with van der Waals surface area (Å²) in [7, 11) is 0. The molecule has 0 bridgehead atoms. The van der Waals surface area contributed by atoms with Gasteiger partial charge < -0.3 is 15.0 Å². The number of benzene rings is 2. The van der Waals surface area contributed by atoms with Crippen LogP contribution in [0, 0.1) is 13.8 Å². The van der Waals surface area contributed by atoms with E-state index >= 15 is 0 Å². The number of hydrogen-bond donors (Lipinski definition) is 1. The quantitative estimate of drug-likeness (QED) is 0.808. The summed E-state index contributed by atoms with van der Waals surface area (Å²) in [4.78, 5) is 26.2. The first-order valence-electron chi connectivity index (χ1n) is 8.56. The van der Waals surface area contributed by atoms with Crippen molar-refractivity contribution in [3.8, 4) is 5.75 Å². The number of nitrogens with zero attached hydrogens (tertiary/aromatic N) is 1. The Morgan fingerprint density at radius 2 is 1.89 bits per heavy atom. The Morgan fingerprint density at radius 1 is 1.19 bits per heavy atom. The number of ether oxygens (including phenoxy) is 1. The van der Waals surface area contributed by atoms with Gasteiger partial charge in [-0.1, -0.05) is 35.3 Å². The number of halogens is 2. The van der Waals surface area contributed by atoms with Crippen LogP contribution in [0.1, 0.15) is 29.7 Å². The van der Waals surface area contributed by atoms with Crippen molar-refractivity contribution in [2.45, 2.75) is 26.8 Å². The summed E-state index contributed by atoms with van der Waals surface area (Å²) in [6, 6.07) is 8.26. The maximum absolute atomic E-state index is 13.0. The summed E-state index contributed by atoms with van der Waals surface area (Å²) in [5.41, 5.74) is 3.62. The van der Waals surface area contributed by atoms with E-state index in [0.717, 1.165) is 22.4 Å². The lowest BCUT2D eigenvalue weighted by atomic mass is 9.99. The molecule has 142 valence electrons. The minimum absolute atomic E-state index is 0.164. The SMILES string of the molecule is CC(=O)N[C@@H]1C(=O)N(CCOc2ccc(Cl)cc2Cl)c2c(C)ccc(C)c21. The summed E-state index contributed by atoms with van der Waals surface area (Å²) in [6.45, 7) is 5.89. The molecule has 0 radical (unpaired) electrons. The van der Waals surface area contributed by atoms with Gasteiger partial charge in [0, 0.05) is 17.5 Å². The lowest BCUT2D eigenvalue weighted by molar-refractivity contribution is -0.126. The van der Waals surface area contributed by atoms with Crippen LogP contribution in [0.3, 0.4) is 0 Å². The molecule has 0 unspecified atom stereocenters. The summed E-state index contributed by atoms with van der Waals surface area (Å²) in [6.07, 6.45) is 0. The normalized spacial score (nSPS) is 15.7. The van der Waals surface area contributed by atoms with Crippen LogP contribution in [0.15, 0.2) is 30.3 Å². The molecule has 7 heteroatoms. The van der Waals surface area contributed by atoms with E-state index in [0.29, 0.717) is 22.3 Å². The number of aryl methyl sites for hydroxylation is 2. The van der Waals surface area contributed by atoms with Gasteiger partial charge in [0.25, 0.3) is 5.91 Å². The van der Waals surface area contributed by atoms with Gasteiger partial charge in [0.15, 0.2) is 0 Å². The monoisotopic (exact) mass is 406 g/mol. The topological polar surface area (TPSA) is 58.6 Å². The third kappa shape index (κ3) is 3.89. The molecule has 0 aromatic heterocycles. The van der Waals surface area contributed by atoms with Crippen LogP contribution >= 0.6 is 23.2 Å². The average Bonchev–Trinajstić information content (AvgIpc) is 2.86. The van der Waals surface area contributed by atoms with E-state index in [1.165, 1.54) is 6.92 Å². The highest BCUT2D eigenvalue weighted by atomic mass is 35.5. The Balaban J connectivity index is 1.82. The first-order chi connectivity index (χ1) is 12.8. The fourth-order valence-electron chi connectivity index (χ4n) is 3.33. The Morgan fingerprint density at radius 3 is 2.56 bits per heavy atom. The molecule has 1 atom stereocenters. The first-order valence-corrected chi connectivity index (χ1v) is 9.31. The zero-order valence-corrected chi connectivity index (χ0v) is 16.8. The van der Waals surface area contributed by atoms with E-state index < -0.39 is 6.04 Å². The number of carbonyl (C=O) groups is 2. The van der Waals surface area contributed by atoms with Crippen molar-refractivity contribution in [2.75, 3.05) is 18.1 Å². The summed E-state index contributed by atoms with van der Waals surface area (Å²) < 4.78 is 5.73. The number of carbonyl (C=O) groups excluding carboxylic acids is 2. The van der Waals surface area contributed by atoms with Gasteiger partial charge in [-0.25, -0.2) is 0 Å². The number of nitrogens with one attached hydrogen (secondary N) is 1. The van der Waals surface area contributed by atoms with E-state index in [1.807, 2.05) is 26.0 Å². The molecule has 1 N–H and O–H groups in total. The molecule has 1 heterocycles. The zero-order chi connectivity index (χ0) is 19.7. The van der Waals surface area contributed by atoms with E-state index in [9.17, 15) is 9.59 Å². The van der Waals surface area contributed by atoms with Crippen molar-refractivity contribution in [2.24, 2.45) is 0 Å². The van der Waals surface area contributed by atoms with Crippen LogP contribution in [0.5, 0.6) is 5.75 Å². The summed E-state index contributed by atoms with van der Waals surface area (Å²) >= 11 is 12.0. The van der Waals surface area contributed by atoms with Gasteiger partial charge in [0.2, 0.25) is 5.91 Å². The van der Waals surface area contributed by atoms with Gasteiger partial charge in [-0.2, -0.15) is 0 Å². The number of anilines is 1. The zero-order valence-electron chi connectivity index (χ0n) is 15.3. The molecular formula is C20H20Cl2N2O3. The van der Waals surface area contributed by atoms with E-state index in [1.54, 1.807) is 23.1 Å². The molecule has 2 aromatic rings. The predicted octanol–water partition coefficient (Wildman–Crippen LogP) is 4.21. The largest absolute Gasteiger partial charge is 0.490 e. The summed E-state index contributed by atoms with van der Waals surface area (Å²) in [5.74, 6) is 0.0990. The van der Waals surface area contributed by atoms with Gasteiger partial charge in [-0.3, -0.25) is 9.59 Å². The lowest BCUT2D eigenvalue weighted by Gasteiger charge is -2.20. The van der Waals surface area contributed by atoms with Crippen LogP contribution in [-0.4, -0.2) is 25.0 Å². The molecule has 0 fully saturated rings. The number of rotatable bonds is 5. The van der Waals surface area contributed by atoms with Crippen molar-refractivity contribution in [1.29, 1.82) is 0 Å². The fourth-order valence-corrected chi connectivity index (χ4v) is 3.79. The molecule has 0 spiro atoms. The predicted molar refractivity (Wildman–Crippen MR) is 107 cm³/mol. The van der Waals surface area contributed by atoms with Crippen molar-refractivity contribution in [3.05, 3.63) is 57.1 Å². The molecule has 3 rings (SSSR count). The smallest absolute Gasteiger partial charge is 0.254 e.